The van der Waals surface area contributed by atoms with Crippen LogP contribution in [-0.2, 0) is 4.79 Å². The van der Waals surface area contributed by atoms with Gasteiger partial charge in [-0.1, -0.05) is 43.0 Å². The molecule has 1 aromatic rings. The average molecular weight is 364 g/mol. The molecule has 2 unspecified atom stereocenters. The number of rotatable bonds is 4. The summed E-state index contributed by atoms with van der Waals surface area (Å²) in [7, 11) is 3.66. The molecule has 1 amide bonds. The lowest BCUT2D eigenvalue weighted by atomic mass is 9.80. The van der Waals surface area contributed by atoms with Gasteiger partial charge in [0.15, 0.2) is 0 Å². The lowest BCUT2D eigenvalue weighted by Gasteiger charge is -2.28. The number of carbonyl (C=O) groups excluding carboxylic acids is 1. The summed E-state index contributed by atoms with van der Waals surface area (Å²) >= 11 is 8.17. The molecule has 0 radical (unpaired) electrons. The quantitative estimate of drug-likeness (QED) is 0.675. The molecule has 2 atom stereocenters. The Labute approximate surface area is 154 Å². The van der Waals surface area contributed by atoms with E-state index in [2.05, 4.69) is 23.6 Å². The Kier molecular flexibility index (Phi) is 5.93. The number of hydrogen-bond acceptors (Lipinski definition) is 2. The molecule has 1 aromatic carbocycles. The zero-order valence-electron chi connectivity index (χ0n) is 14.5. The summed E-state index contributed by atoms with van der Waals surface area (Å²) in [5, 5.41) is 3.27. The first kappa shape index (κ1) is 17.9. The first-order valence-corrected chi connectivity index (χ1v) is 10.2. The minimum atomic E-state index is 0.193. The molecule has 24 heavy (non-hydrogen) atoms. The molecule has 4 heteroatoms. The van der Waals surface area contributed by atoms with Crippen LogP contribution in [0.1, 0.15) is 60.8 Å². The monoisotopic (exact) mass is 363 g/mol. The maximum Gasteiger partial charge on any atom is 0.222 e. The van der Waals surface area contributed by atoms with Gasteiger partial charge in [-0.05, 0) is 47.4 Å². The number of allylic oxidation sites excluding steroid dienone is 1. The van der Waals surface area contributed by atoms with Gasteiger partial charge in [0.1, 0.15) is 0 Å². The lowest BCUT2D eigenvalue weighted by Crippen LogP contribution is -2.25. The van der Waals surface area contributed by atoms with Crippen LogP contribution in [-0.4, -0.2) is 24.9 Å². The molecule has 0 spiro atoms. The summed E-state index contributed by atoms with van der Waals surface area (Å²) in [6.45, 7) is 0. The zero-order valence-corrected chi connectivity index (χ0v) is 16.1. The second-order valence-corrected chi connectivity index (χ2v) is 8.64. The van der Waals surface area contributed by atoms with Gasteiger partial charge in [-0.15, -0.1) is 11.8 Å². The molecule has 1 aliphatic carbocycles. The molecular formula is C20H26ClNOS. The molecule has 0 saturated heterocycles. The van der Waals surface area contributed by atoms with E-state index in [9.17, 15) is 4.79 Å². The molecule has 3 rings (SSSR count). The van der Waals surface area contributed by atoms with E-state index in [0.717, 1.165) is 5.02 Å². The van der Waals surface area contributed by atoms with Crippen molar-refractivity contribution < 1.29 is 4.79 Å². The molecule has 130 valence electrons. The number of hydrogen-bond donors (Lipinski definition) is 0. The second kappa shape index (κ2) is 7.97. The lowest BCUT2D eigenvalue weighted by molar-refractivity contribution is -0.129. The van der Waals surface area contributed by atoms with Crippen molar-refractivity contribution in [2.75, 3.05) is 14.1 Å². The number of thioether (sulfide) groups is 1. The van der Waals surface area contributed by atoms with Crippen LogP contribution in [0.15, 0.2) is 29.7 Å². The standard InChI is InChI=1S/C20H26ClNOS/c1-22(2)19(23)12-15-10-11-24-20(15)18-13-16(21)8-9-17(18)14-6-4-3-5-7-14/h8-11,13-15,20H,3-7,12H2,1-2H3. The van der Waals surface area contributed by atoms with E-state index in [1.165, 1.54) is 43.2 Å². The summed E-state index contributed by atoms with van der Waals surface area (Å²) in [6.07, 6.45) is 9.33. The number of nitrogens with zero attached hydrogens (tertiary/aromatic N) is 1. The maximum absolute atomic E-state index is 12.2. The molecule has 1 heterocycles. The summed E-state index contributed by atoms with van der Waals surface area (Å²) in [5.74, 6) is 1.10. The third-order valence-corrected chi connectivity index (χ3v) is 6.70. The van der Waals surface area contributed by atoms with E-state index in [4.69, 9.17) is 11.6 Å². The van der Waals surface area contributed by atoms with E-state index >= 15 is 0 Å². The van der Waals surface area contributed by atoms with Crippen LogP contribution in [0.5, 0.6) is 0 Å². The third kappa shape index (κ3) is 4.00. The normalized spacial score (nSPS) is 24.3. The van der Waals surface area contributed by atoms with Crippen LogP contribution < -0.4 is 0 Å². The Balaban J connectivity index is 1.87. The smallest absolute Gasteiger partial charge is 0.222 e. The van der Waals surface area contributed by atoms with Crippen molar-refractivity contribution in [3.8, 4) is 0 Å². The number of halogens is 1. The van der Waals surface area contributed by atoms with Crippen LogP contribution in [0, 0.1) is 5.92 Å². The Morgan fingerprint density at radius 1 is 1.21 bits per heavy atom. The SMILES string of the molecule is CN(C)C(=O)CC1C=CSC1c1cc(Cl)ccc1C1CCCCC1. The number of amides is 1. The molecule has 0 N–H and O–H groups in total. The van der Waals surface area contributed by atoms with E-state index < -0.39 is 0 Å². The van der Waals surface area contributed by atoms with Gasteiger partial charge < -0.3 is 4.90 Å². The molecule has 2 nitrogen and oxygen atoms in total. The molecule has 1 fully saturated rings. The van der Waals surface area contributed by atoms with Crippen LogP contribution in [0.3, 0.4) is 0 Å². The predicted molar refractivity (Wildman–Crippen MR) is 104 cm³/mol. The van der Waals surface area contributed by atoms with Crippen molar-refractivity contribution in [1.29, 1.82) is 0 Å². The Bertz CT molecular complexity index is 622. The van der Waals surface area contributed by atoms with E-state index in [0.29, 0.717) is 17.6 Å². The van der Waals surface area contributed by atoms with Gasteiger partial charge in [-0.2, -0.15) is 0 Å². The van der Waals surface area contributed by atoms with E-state index in [1.807, 2.05) is 31.9 Å². The molecule has 1 aliphatic heterocycles. The largest absolute Gasteiger partial charge is 0.349 e. The highest BCUT2D eigenvalue weighted by Gasteiger charge is 2.31. The minimum Gasteiger partial charge on any atom is -0.349 e. The highest BCUT2D eigenvalue weighted by atomic mass is 35.5. The first-order chi connectivity index (χ1) is 11.6. The highest BCUT2D eigenvalue weighted by Crippen LogP contribution is 2.48. The summed E-state index contributed by atoms with van der Waals surface area (Å²) in [4.78, 5) is 13.9. The molecule has 0 bridgehead atoms. The summed E-state index contributed by atoms with van der Waals surface area (Å²) < 4.78 is 0. The highest BCUT2D eigenvalue weighted by molar-refractivity contribution is 8.02. The maximum atomic E-state index is 12.2. The topological polar surface area (TPSA) is 20.3 Å². The van der Waals surface area contributed by atoms with Gasteiger partial charge in [0.25, 0.3) is 0 Å². The van der Waals surface area contributed by atoms with Crippen LogP contribution in [0.4, 0.5) is 0 Å². The Hall–Kier alpha value is -0.930. The fourth-order valence-electron chi connectivity index (χ4n) is 3.87. The second-order valence-electron chi connectivity index (χ2n) is 7.15. The van der Waals surface area contributed by atoms with Crippen LogP contribution in [0.25, 0.3) is 0 Å². The van der Waals surface area contributed by atoms with Gasteiger partial charge in [0.2, 0.25) is 5.91 Å². The molecule has 0 aromatic heterocycles. The number of carbonyl (C=O) groups is 1. The van der Waals surface area contributed by atoms with Crippen molar-refractivity contribution in [2.45, 2.75) is 49.7 Å². The van der Waals surface area contributed by atoms with Gasteiger partial charge in [-0.25, -0.2) is 0 Å². The zero-order chi connectivity index (χ0) is 17.1. The van der Waals surface area contributed by atoms with Gasteiger partial charge in [0, 0.05) is 36.7 Å². The summed E-state index contributed by atoms with van der Waals surface area (Å²) in [5.41, 5.74) is 2.81. The minimum absolute atomic E-state index is 0.193. The molecule has 2 aliphatic rings. The fourth-order valence-corrected chi connectivity index (χ4v) is 5.26. The average Bonchev–Trinajstić information content (AvgIpc) is 3.03. The van der Waals surface area contributed by atoms with E-state index in [1.54, 1.807) is 4.90 Å². The predicted octanol–water partition coefficient (Wildman–Crippen LogP) is 5.78. The Morgan fingerprint density at radius 3 is 2.67 bits per heavy atom. The number of benzene rings is 1. The molecule has 1 saturated carbocycles. The van der Waals surface area contributed by atoms with Gasteiger partial charge >= 0.3 is 0 Å². The van der Waals surface area contributed by atoms with Gasteiger partial charge in [-0.3, -0.25) is 4.79 Å². The van der Waals surface area contributed by atoms with Crippen molar-refractivity contribution >= 4 is 29.3 Å². The third-order valence-electron chi connectivity index (χ3n) is 5.25. The van der Waals surface area contributed by atoms with Crippen molar-refractivity contribution in [2.24, 2.45) is 5.92 Å². The van der Waals surface area contributed by atoms with Gasteiger partial charge in [0.05, 0.1) is 0 Å². The Morgan fingerprint density at radius 2 is 1.96 bits per heavy atom. The van der Waals surface area contributed by atoms with Crippen molar-refractivity contribution in [1.82, 2.24) is 4.90 Å². The van der Waals surface area contributed by atoms with Crippen LogP contribution >= 0.6 is 23.4 Å². The molecular weight excluding hydrogens is 338 g/mol. The first-order valence-electron chi connectivity index (χ1n) is 8.88. The summed E-state index contributed by atoms with van der Waals surface area (Å²) in [6, 6.07) is 6.41. The van der Waals surface area contributed by atoms with Crippen LogP contribution in [0.2, 0.25) is 5.02 Å². The van der Waals surface area contributed by atoms with Crippen molar-refractivity contribution in [3.05, 3.63) is 45.8 Å². The fraction of sp³-hybridized carbons (Fsp3) is 0.550. The van der Waals surface area contributed by atoms with Crippen molar-refractivity contribution in [3.63, 3.8) is 0 Å². The van der Waals surface area contributed by atoms with E-state index in [-0.39, 0.29) is 11.8 Å².